The van der Waals surface area contributed by atoms with Crippen LogP contribution in [-0.2, 0) is 5.41 Å². The Morgan fingerprint density at radius 3 is 2.53 bits per heavy atom. The van der Waals surface area contributed by atoms with E-state index in [1.165, 1.54) is 11.3 Å². The van der Waals surface area contributed by atoms with Gasteiger partial charge < -0.3 is 5.11 Å². The van der Waals surface area contributed by atoms with Crippen LogP contribution in [0.15, 0.2) is 24.3 Å². The van der Waals surface area contributed by atoms with E-state index in [1.807, 2.05) is 32.9 Å². The maximum atomic E-state index is 11.3. The van der Waals surface area contributed by atoms with E-state index in [2.05, 4.69) is 4.98 Å². The van der Waals surface area contributed by atoms with Crippen LogP contribution in [0.25, 0.3) is 10.6 Å². The monoisotopic (exact) mass is 295 g/mol. The van der Waals surface area contributed by atoms with E-state index in [0.29, 0.717) is 20.6 Å². The van der Waals surface area contributed by atoms with Crippen molar-refractivity contribution in [3.63, 3.8) is 0 Å². The third-order valence-electron chi connectivity index (χ3n) is 2.60. The first-order chi connectivity index (χ1) is 8.79. The average Bonchev–Trinajstić information content (AvgIpc) is 2.73. The average molecular weight is 296 g/mol. The summed E-state index contributed by atoms with van der Waals surface area (Å²) in [6, 6.07) is 7.28. The van der Waals surface area contributed by atoms with Crippen molar-refractivity contribution in [2.45, 2.75) is 26.2 Å². The minimum absolute atomic E-state index is 0.294. The van der Waals surface area contributed by atoms with Gasteiger partial charge in [-0.05, 0) is 12.1 Å². The lowest BCUT2D eigenvalue weighted by Crippen LogP contribution is -2.16. The molecule has 0 amide bonds. The van der Waals surface area contributed by atoms with E-state index in [-0.39, 0.29) is 5.41 Å². The molecule has 5 heteroatoms. The number of benzene rings is 1. The van der Waals surface area contributed by atoms with E-state index in [4.69, 9.17) is 11.6 Å². The summed E-state index contributed by atoms with van der Waals surface area (Å²) < 4.78 is 0. The normalized spacial score (nSPS) is 11.6. The molecule has 0 fully saturated rings. The smallest absolute Gasteiger partial charge is 0.347 e. The molecule has 19 heavy (non-hydrogen) atoms. The van der Waals surface area contributed by atoms with Crippen LogP contribution in [0.5, 0.6) is 0 Å². The predicted octanol–water partition coefficient (Wildman–Crippen LogP) is 4.46. The summed E-state index contributed by atoms with van der Waals surface area (Å²) in [5.41, 5.74) is 1.15. The molecule has 0 aliphatic carbocycles. The maximum absolute atomic E-state index is 11.3. The van der Waals surface area contributed by atoms with Crippen molar-refractivity contribution in [3.8, 4) is 10.6 Å². The van der Waals surface area contributed by atoms with Crippen LogP contribution in [0, 0.1) is 0 Å². The molecule has 1 aromatic carbocycles. The Balaban J connectivity index is 2.58. The molecule has 2 rings (SSSR count). The molecule has 0 atom stereocenters. The van der Waals surface area contributed by atoms with Gasteiger partial charge in [-0.25, -0.2) is 9.78 Å². The first kappa shape index (κ1) is 14.0. The van der Waals surface area contributed by atoms with E-state index < -0.39 is 5.97 Å². The Hall–Kier alpha value is -1.39. The number of rotatable bonds is 2. The van der Waals surface area contributed by atoms with Gasteiger partial charge in [-0.15, -0.1) is 11.3 Å². The highest BCUT2D eigenvalue weighted by Gasteiger charge is 2.27. The minimum Gasteiger partial charge on any atom is -0.477 e. The van der Waals surface area contributed by atoms with Crippen LogP contribution in [0.4, 0.5) is 0 Å². The fourth-order valence-electron chi connectivity index (χ4n) is 1.72. The summed E-state index contributed by atoms with van der Waals surface area (Å²) in [6.07, 6.45) is 0. The third kappa shape index (κ3) is 2.96. The molecule has 0 aliphatic heterocycles. The zero-order valence-corrected chi connectivity index (χ0v) is 12.5. The van der Waals surface area contributed by atoms with Gasteiger partial charge in [0.1, 0.15) is 9.88 Å². The fourth-order valence-corrected chi connectivity index (χ4v) is 3.02. The number of thiazole rings is 1. The second-order valence-corrected chi connectivity index (χ2v) is 6.70. The van der Waals surface area contributed by atoms with Gasteiger partial charge in [-0.3, -0.25) is 0 Å². The van der Waals surface area contributed by atoms with Crippen molar-refractivity contribution in [2.24, 2.45) is 0 Å². The second kappa shape index (κ2) is 4.94. The molecule has 0 aliphatic rings. The van der Waals surface area contributed by atoms with Crippen LogP contribution >= 0.6 is 22.9 Å². The Bertz CT molecular complexity index is 629. The summed E-state index contributed by atoms with van der Waals surface area (Å²) in [6.45, 7) is 5.86. The quantitative estimate of drug-likeness (QED) is 0.890. The van der Waals surface area contributed by atoms with Crippen molar-refractivity contribution in [1.29, 1.82) is 0 Å². The lowest BCUT2D eigenvalue weighted by atomic mass is 9.91. The van der Waals surface area contributed by atoms with Gasteiger partial charge in [0.05, 0.1) is 5.69 Å². The summed E-state index contributed by atoms with van der Waals surface area (Å²) in [4.78, 5) is 16.1. The number of aromatic carboxylic acids is 1. The molecule has 1 heterocycles. The Labute approximate surface area is 120 Å². The fraction of sp³-hybridized carbons (Fsp3) is 0.286. The third-order valence-corrected chi connectivity index (χ3v) is 3.93. The standard InChI is InChI=1S/C14H14ClNO2S/c1-14(2,3)11-10(13(17)18)19-12(16-11)8-5-4-6-9(15)7-8/h4-7H,1-3H3,(H,17,18). The molecule has 0 spiro atoms. The van der Waals surface area contributed by atoms with Crippen LogP contribution < -0.4 is 0 Å². The molecule has 0 unspecified atom stereocenters. The number of carboxylic acid groups (broad SMARTS) is 1. The first-order valence-electron chi connectivity index (χ1n) is 5.79. The number of carboxylic acids is 1. The number of hydrogen-bond donors (Lipinski definition) is 1. The zero-order valence-electron chi connectivity index (χ0n) is 10.9. The van der Waals surface area contributed by atoms with Crippen molar-refractivity contribution >= 4 is 28.9 Å². The van der Waals surface area contributed by atoms with Crippen molar-refractivity contribution in [2.75, 3.05) is 0 Å². The summed E-state index contributed by atoms with van der Waals surface area (Å²) in [7, 11) is 0. The van der Waals surface area contributed by atoms with E-state index >= 15 is 0 Å². The number of aromatic nitrogens is 1. The highest BCUT2D eigenvalue weighted by Crippen LogP contribution is 2.35. The molecule has 0 saturated heterocycles. The van der Waals surface area contributed by atoms with Crippen LogP contribution in [-0.4, -0.2) is 16.1 Å². The number of hydrogen-bond acceptors (Lipinski definition) is 3. The maximum Gasteiger partial charge on any atom is 0.347 e. The lowest BCUT2D eigenvalue weighted by Gasteiger charge is -2.16. The first-order valence-corrected chi connectivity index (χ1v) is 6.99. The minimum atomic E-state index is -0.935. The van der Waals surface area contributed by atoms with Crippen LogP contribution in [0.1, 0.15) is 36.1 Å². The van der Waals surface area contributed by atoms with Gasteiger partial charge in [0.15, 0.2) is 0 Å². The number of carbonyl (C=O) groups is 1. The zero-order chi connectivity index (χ0) is 14.2. The molecule has 2 aromatic rings. The Morgan fingerprint density at radius 2 is 2.05 bits per heavy atom. The molecule has 0 saturated carbocycles. The lowest BCUT2D eigenvalue weighted by molar-refractivity contribution is 0.0699. The van der Waals surface area contributed by atoms with Gasteiger partial charge in [-0.2, -0.15) is 0 Å². The number of nitrogens with zero attached hydrogens (tertiary/aromatic N) is 1. The van der Waals surface area contributed by atoms with E-state index in [9.17, 15) is 9.90 Å². The summed E-state index contributed by atoms with van der Waals surface area (Å²) in [5, 5.41) is 10.6. The Morgan fingerprint density at radius 1 is 1.37 bits per heavy atom. The van der Waals surface area contributed by atoms with Crippen molar-refractivity contribution in [3.05, 3.63) is 39.9 Å². The van der Waals surface area contributed by atoms with Gasteiger partial charge in [-0.1, -0.05) is 44.5 Å². The predicted molar refractivity (Wildman–Crippen MR) is 78.2 cm³/mol. The Kier molecular flexibility index (Phi) is 3.65. The highest BCUT2D eigenvalue weighted by molar-refractivity contribution is 7.17. The molecule has 3 nitrogen and oxygen atoms in total. The topological polar surface area (TPSA) is 50.2 Å². The van der Waals surface area contributed by atoms with E-state index in [1.54, 1.807) is 12.1 Å². The summed E-state index contributed by atoms with van der Waals surface area (Å²) in [5.74, 6) is -0.935. The summed E-state index contributed by atoms with van der Waals surface area (Å²) >= 11 is 7.14. The van der Waals surface area contributed by atoms with Crippen LogP contribution in [0.2, 0.25) is 5.02 Å². The van der Waals surface area contributed by atoms with Crippen molar-refractivity contribution in [1.82, 2.24) is 4.98 Å². The number of halogens is 1. The SMILES string of the molecule is CC(C)(C)c1nc(-c2cccc(Cl)c2)sc1C(=O)O. The molecule has 0 bridgehead atoms. The highest BCUT2D eigenvalue weighted by atomic mass is 35.5. The van der Waals surface area contributed by atoms with Crippen molar-refractivity contribution < 1.29 is 9.90 Å². The second-order valence-electron chi connectivity index (χ2n) is 5.26. The van der Waals surface area contributed by atoms with E-state index in [0.717, 1.165) is 5.56 Å². The molecule has 0 radical (unpaired) electrons. The molecular formula is C14H14ClNO2S. The molecule has 1 aromatic heterocycles. The van der Waals surface area contributed by atoms with Gasteiger partial charge in [0.25, 0.3) is 0 Å². The van der Waals surface area contributed by atoms with Gasteiger partial charge in [0, 0.05) is 16.0 Å². The van der Waals surface area contributed by atoms with Gasteiger partial charge >= 0.3 is 5.97 Å². The largest absolute Gasteiger partial charge is 0.477 e. The van der Waals surface area contributed by atoms with Gasteiger partial charge in [0.2, 0.25) is 0 Å². The molecule has 1 N–H and O–H groups in total. The van der Waals surface area contributed by atoms with Crippen LogP contribution in [0.3, 0.4) is 0 Å². The molecular weight excluding hydrogens is 282 g/mol. The molecule has 100 valence electrons.